The zero-order valence-electron chi connectivity index (χ0n) is 20.7. The number of halogens is 1. The molecule has 0 bridgehead atoms. The smallest absolute Gasteiger partial charge is 0.338 e. The number of hydrogen-bond acceptors (Lipinski definition) is 8. The number of carbonyl (C=O) groups excluding carboxylic acids is 2. The van der Waals surface area contributed by atoms with E-state index in [1.54, 1.807) is 45.0 Å². The van der Waals surface area contributed by atoms with Crippen LogP contribution < -0.4 is 24.4 Å². The number of benzene rings is 2. The molecule has 3 aromatic rings. The van der Waals surface area contributed by atoms with Gasteiger partial charge in [0.15, 0.2) is 16.3 Å². The lowest BCUT2D eigenvalue weighted by Gasteiger charge is -2.24. The highest BCUT2D eigenvalue weighted by Crippen LogP contribution is 2.31. The van der Waals surface area contributed by atoms with Gasteiger partial charge in [0.2, 0.25) is 0 Å². The van der Waals surface area contributed by atoms with E-state index < -0.39 is 23.8 Å². The normalized spacial score (nSPS) is 15.2. The number of nitrogens with zero attached hydrogens (tertiary/aromatic N) is 2. The van der Waals surface area contributed by atoms with Gasteiger partial charge >= 0.3 is 11.9 Å². The van der Waals surface area contributed by atoms with Crippen LogP contribution in [0.5, 0.6) is 11.5 Å². The molecule has 0 aliphatic carbocycles. The Balaban J connectivity index is 1.88. The van der Waals surface area contributed by atoms with Gasteiger partial charge in [-0.1, -0.05) is 29.5 Å². The average molecular weight is 525 g/mol. The van der Waals surface area contributed by atoms with Crippen molar-refractivity contribution in [3.8, 4) is 11.5 Å². The highest BCUT2D eigenvalue weighted by atomic mass is 32.1. The summed E-state index contributed by atoms with van der Waals surface area (Å²) in [6.45, 7) is 6.99. The number of fused-ring (bicyclic) bond motifs is 1. The Morgan fingerprint density at radius 2 is 1.84 bits per heavy atom. The topological polar surface area (TPSA) is 96.2 Å². The van der Waals surface area contributed by atoms with E-state index in [1.165, 1.54) is 35.8 Å². The molecule has 8 nitrogen and oxygen atoms in total. The standard InChI is InChI=1S/C27H25FN2O6S/c1-5-34-21-13-17(7-12-20(21)36-16(4)31)14-22-25(32)30-24(18-8-10-19(28)11-9-18)23(26(33)35-6-2)15(3)29-27(30)37-22/h7-14,24H,5-6H2,1-4H3/b22-14-/t24-/m1/s1. The van der Waals surface area contributed by atoms with Crippen LogP contribution in [-0.2, 0) is 14.3 Å². The Labute approximate surface area is 215 Å². The zero-order valence-corrected chi connectivity index (χ0v) is 21.6. The molecule has 1 atom stereocenters. The highest BCUT2D eigenvalue weighted by Gasteiger charge is 2.33. The third kappa shape index (κ3) is 5.39. The predicted octanol–water partition coefficient (Wildman–Crippen LogP) is 3.26. The van der Waals surface area contributed by atoms with Crippen LogP contribution in [0.1, 0.15) is 44.9 Å². The Hall–Kier alpha value is -4.05. The van der Waals surface area contributed by atoms with Crippen molar-refractivity contribution in [2.24, 2.45) is 4.99 Å². The molecule has 1 aromatic heterocycles. The first kappa shape index (κ1) is 26.0. The molecule has 10 heteroatoms. The zero-order chi connectivity index (χ0) is 26.7. The summed E-state index contributed by atoms with van der Waals surface area (Å²) in [4.78, 5) is 42.9. The summed E-state index contributed by atoms with van der Waals surface area (Å²) in [5, 5.41) is 0. The number of hydrogen-bond donors (Lipinski definition) is 0. The molecule has 0 spiro atoms. The number of allylic oxidation sites excluding steroid dienone is 1. The van der Waals surface area contributed by atoms with Crippen molar-refractivity contribution >= 4 is 29.4 Å². The molecule has 192 valence electrons. The Morgan fingerprint density at radius 1 is 1.11 bits per heavy atom. The second-order valence-electron chi connectivity index (χ2n) is 8.09. The predicted molar refractivity (Wildman–Crippen MR) is 136 cm³/mol. The van der Waals surface area contributed by atoms with E-state index in [4.69, 9.17) is 14.2 Å². The van der Waals surface area contributed by atoms with Crippen LogP contribution in [0.15, 0.2) is 63.5 Å². The molecule has 0 radical (unpaired) electrons. The average Bonchev–Trinajstić information content (AvgIpc) is 3.14. The lowest BCUT2D eigenvalue weighted by molar-refractivity contribution is -0.139. The number of aromatic nitrogens is 1. The van der Waals surface area contributed by atoms with Crippen LogP contribution >= 0.6 is 11.3 Å². The highest BCUT2D eigenvalue weighted by molar-refractivity contribution is 7.07. The quantitative estimate of drug-likeness (QED) is 0.348. The van der Waals surface area contributed by atoms with E-state index in [0.29, 0.717) is 38.5 Å². The molecule has 0 N–H and O–H groups in total. The summed E-state index contributed by atoms with van der Waals surface area (Å²) in [7, 11) is 0. The molecule has 0 amide bonds. The SMILES string of the molecule is CCOC(=O)C1=C(C)N=c2s/c(=C\c3ccc(OC(C)=O)c(OCC)c3)c(=O)n2[C@@H]1c1ccc(F)cc1. The maximum absolute atomic E-state index is 13.7. The molecule has 2 aromatic carbocycles. The van der Waals surface area contributed by atoms with Crippen molar-refractivity contribution in [2.45, 2.75) is 33.7 Å². The number of ether oxygens (including phenoxy) is 3. The lowest BCUT2D eigenvalue weighted by atomic mass is 9.96. The number of carbonyl (C=O) groups is 2. The molecular formula is C27H25FN2O6S. The van der Waals surface area contributed by atoms with Gasteiger partial charge in [0.05, 0.1) is 35.1 Å². The molecule has 0 saturated carbocycles. The molecule has 0 unspecified atom stereocenters. The molecular weight excluding hydrogens is 499 g/mol. The van der Waals surface area contributed by atoms with Gasteiger partial charge in [-0.05, 0) is 62.2 Å². The summed E-state index contributed by atoms with van der Waals surface area (Å²) < 4.78 is 31.5. The van der Waals surface area contributed by atoms with Crippen LogP contribution in [0.4, 0.5) is 4.39 Å². The maximum Gasteiger partial charge on any atom is 0.338 e. The fourth-order valence-electron chi connectivity index (χ4n) is 4.03. The maximum atomic E-state index is 13.7. The van der Waals surface area contributed by atoms with Gasteiger partial charge in [-0.15, -0.1) is 0 Å². The largest absolute Gasteiger partial charge is 0.490 e. The van der Waals surface area contributed by atoms with Crippen molar-refractivity contribution in [1.82, 2.24) is 4.57 Å². The monoisotopic (exact) mass is 524 g/mol. The molecule has 0 saturated heterocycles. The van der Waals surface area contributed by atoms with Gasteiger partial charge in [-0.2, -0.15) is 0 Å². The second-order valence-corrected chi connectivity index (χ2v) is 9.10. The number of esters is 2. The van der Waals surface area contributed by atoms with E-state index in [1.807, 2.05) is 0 Å². The Bertz CT molecular complexity index is 1570. The third-order valence-corrected chi connectivity index (χ3v) is 6.50. The van der Waals surface area contributed by atoms with Gasteiger partial charge < -0.3 is 14.2 Å². The summed E-state index contributed by atoms with van der Waals surface area (Å²) in [6, 6.07) is 9.78. The van der Waals surface area contributed by atoms with E-state index in [2.05, 4.69) is 4.99 Å². The Kier molecular flexibility index (Phi) is 7.68. The minimum Gasteiger partial charge on any atom is -0.490 e. The van der Waals surface area contributed by atoms with Gasteiger partial charge in [0.1, 0.15) is 5.82 Å². The molecule has 4 rings (SSSR count). The molecule has 2 heterocycles. The van der Waals surface area contributed by atoms with Crippen LogP contribution in [0.3, 0.4) is 0 Å². The summed E-state index contributed by atoms with van der Waals surface area (Å²) >= 11 is 1.16. The van der Waals surface area contributed by atoms with E-state index in [0.717, 1.165) is 11.3 Å². The third-order valence-electron chi connectivity index (χ3n) is 5.52. The number of rotatable bonds is 7. The van der Waals surface area contributed by atoms with Gasteiger partial charge in [-0.3, -0.25) is 14.2 Å². The summed E-state index contributed by atoms with van der Waals surface area (Å²) in [5.41, 5.74) is 1.47. The fraction of sp³-hybridized carbons (Fsp3) is 0.259. The van der Waals surface area contributed by atoms with E-state index in [9.17, 15) is 18.8 Å². The van der Waals surface area contributed by atoms with Gasteiger partial charge in [0, 0.05) is 6.92 Å². The van der Waals surface area contributed by atoms with E-state index in [-0.39, 0.29) is 23.5 Å². The minimum absolute atomic E-state index is 0.154. The van der Waals surface area contributed by atoms with Crippen molar-refractivity contribution < 1.29 is 28.2 Å². The summed E-state index contributed by atoms with van der Waals surface area (Å²) in [6.07, 6.45) is 1.68. The summed E-state index contributed by atoms with van der Waals surface area (Å²) in [5.74, 6) is -0.856. The van der Waals surface area contributed by atoms with Crippen LogP contribution in [0.25, 0.3) is 6.08 Å². The molecule has 0 fully saturated rings. The molecule has 1 aliphatic rings. The Morgan fingerprint density at radius 3 is 2.49 bits per heavy atom. The number of thiazole rings is 1. The molecule has 1 aliphatic heterocycles. The van der Waals surface area contributed by atoms with Gasteiger partial charge in [0.25, 0.3) is 5.56 Å². The molecule has 37 heavy (non-hydrogen) atoms. The minimum atomic E-state index is -0.830. The first-order valence-corrected chi connectivity index (χ1v) is 12.5. The first-order chi connectivity index (χ1) is 17.7. The van der Waals surface area contributed by atoms with Crippen LogP contribution in [0, 0.1) is 5.82 Å². The van der Waals surface area contributed by atoms with Crippen molar-refractivity contribution in [3.05, 3.63) is 90.4 Å². The van der Waals surface area contributed by atoms with Gasteiger partial charge in [-0.25, -0.2) is 14.2 Å². The van der Waals surface area contributed by atoms with Crippen LogP contribution in [0.2, 0.25) is 0 Å². The van der Waals surface area contributed by atoms with Crippen molar-refractivity contribution in [3.63, 3.8) is 0 Å². The van der Waals surface area contributed by atoms with Crippen molar-refractivity contribution in [1.29, 1.82) is 0 Å². The fourth-order valence-corrected chi connectivity index (χ4v) is 5.07. The van der Waals surface area contributed by atoms with E-state index >= 15 is 0 Å². The van der Waals surface area contributed by atoms with Crippen molar-refractivity contribution in [2.75, 3.05) is 13.2 Å². The first-order valence-electron chi connectivity index (χ1n) is 11.6. The lowest BCUT2D eigenvalue weighted by Crippen LogP contribution is -2.39. The second kappa shape index (κ2) is 10.9. The van der Waals surface area contributed by atoms with Crippen LogP contribution in [-0.4, -0.2) is 29.7 Å².